The highest BCUT2D eigenvalue weighted by molar-refractivity contribution is 5.77. The predicted molar refractivity (Wildman–Crippen MR) is 83.6 cm³/mol. The number of piperazine rings is 1. The Balaban J connectivity index is 1.51. The second kappa shape index (κ2) is 6.48. The number of nitrogens with zero attached hydrogens (tertiary/aromatic N) is 2. The van der Waals surface area contributed by atoms with Crippen LogP contribution in [0.15, 0.2) is 24.3 Å². The zero-order valence-electron chi connectivity index (χ0n) is 12.8. The van der Waals surface area contributed by atoms with Gasteiger partial charge >= 0.3 is 0 Å². The lowest BCUT2D eigenvalue weighted by Gasteiger charge is -2.36. The van der Waals surface area contributed by atoms with E-state index in [1.807, 2.05) is 4.90 Å². The van der Waals surface area contributed by atoms with Crippen molar-refractivity contribution in [3.05, 3.63) is 29.8 Å². The van der Waals surface area contributed by atoms with E-state index in [9.17, 15) is 4.79 Å². The molecule has 0 N–H and O–H groups in total. The molecule has 4 nitrogen and oxygen atoms in total. The summed E-state index contributed by atoms with van der Waals surface area (Å²) in [6, 6.07) is 8.57. The number of carbonyl (C=O) groups is 1. The monoisotopic (exact) mass is 288 g/mol. The molecule has 1 aromatic carbocycles. The average Bonchev–Trinajstić information content (AvgIpc) is 3.00. The third-order valence-electron chi connectivity index (χ3n) is 4.43. The molecule has 0 radical (unpaired) electrons. The summed E-state index contributed by atoms with van der Waals surface area (Å²) in [6.07, 6.45) is 2.85. The van der Waals surface area contributed by atoms with Gasteiger partial charge in [0.2, 0.25) is 5.91 Å². The van der Waals surface area contributed by atoms with Crippen LogP contribution in [0.1, 0.15) is 24.8 Å². The molecular weight excluding hydrogens is 264 g/mol. The standard InChI is InChI=1S/C17H24N2O2/c1-14-4-2-5-15(12-14)18-7-9-19(10-8-18)17(20)13-16-6-3-11-21-16/h2,4-5,12,16H,3,6-11,13H2,1H3. The molecule has 114 valence electrons. The number of hydrogen-bond donors (Lipinski definition) is 0. The highest BCUT2D eigenvalue weighted by atomic mass is 16.5. The predicted octanol–water partition coefficient (Wildman–Crippen LogP) is 2.21. The molecule has 21 heavy (non-hydrogen) atoms. The molecule has 0 bridgehead atoms. The number of carbonyl (C=O) groups excluding carboxylic acids is 1. The van der Waals surface area contributed by atoms with Crippen molar-refractivity contribution in [3.8, 4) is 0 Å². The number of amides is 1. The molecule has 0 spiro atoms. The van der Waals surface area contributed by atoms with Gasteiger partial charge in [-0.15, -0.1) is 0 Å². The van der Waals surface area contributed by atoms with E-state index < -0.39 is 0 Å². The molecule has 0 aromatic heterocycles. The first-order valence-electron chi connectivity index (χ1n) is 7.93. The maximum atomic E-state index is 12.3. The van der Waals surface area contributed by atoms with Gasteiger partial charge in [-0.2, -0.15) is 0 Å². The third kappa shape index (κ3) is 3.56. The fourth-order valence-corrected chi connectivity index (χ4v) is 3.17. The molecule has 3 rings (SSSR count). The minimum atomic E-state index is 0.160. The first-order chi connectivity index (χ1) is 10.2. The van der Waals surface area contributed by atoms with Gasteiger partial charge in [-0.3, -0.25) is 4.79 Å². The number of ether oxygens (including phenoxy) is 1. The molecule has 1 aromatic rings. The van der Waals surface area contributed by atoms with E-state index in [1.165, 1.54) is 11.3 Å². The van der Waals surface area contributed by atoms with Crippen molar-refractivity contribution in [2.75, 3.05) is 37.7 Å². The average molecular weight is 288 g/mol. The van der Waals surface area contributed by atoms with Gasteiger partial charge in [0, 0.05) is 38.5 Å². The van der Waals surface area contributed by atoms with Gasteiger partial charge < -0.3 is 14.5 Å². The fourth-order valence-electron chi connectivity index (χ4n) is 3.17. The Hall–Kier alpha value is -1.55. The molecule has 4 heteroatoms. The highest BCUT2D eigenvalue weighted by Crippen LogP contribution is 2.20. The van der Waals surface area contributed by atoms with Crippen LogP contribution >= 0.6 is 0 Å². The van der Waals surface area contributed by atoms with Crippen LogP contribution in [0.5, 0.6) is 0 Å². The van der Waals surface area contributed by atoms with Gasteiger partial charge in [0.05, 0.1) is 12.5 Å². The van der Waals surface area contributed by atoms with Gasteiger partial charge in [0.1, 0.15) is 0 Å². The van der Waals surface area contributed by atoms with Crippen LogP contribution in [0.3, 0.4) is 0 Å². The Morgan fingerprint density at radius 1 is 1.29 bits per heavy atom. The second-order valence-electron chi connectivity index (χ2n) is 6.05. The summed E-state index contributed by atoms with van der Waals surface area (Å²) < 4.78 is 5.56. The zero-order valence-corrected chi connectivity index (χ0v) is 12.8. The first kappa shape index (κ1) is 14.4. The molecular formula is C17H24N2O2. The number of benzene rings is 1. The van der Waals surface area contributed by atoms with Crippen LogP contribution < -0.4 is 4.90 Å². The molecule has 1 unspecified atom stereocenters. The van der Waals surface area contributed by atoms with Crippen molar-refractivity contribution in [1.29, 1.82) is 0 Å². The van der Waals surface area contributed by atoms with Crippen molar-refractivity contribution < 1.29 is 9.53 Å². The highest BCUT2D eigenvalue weighted by Gasteiger charge is 2.25. The van der Waals surface area contributed by atoms with E-state index in [0.717, 1.165) is 45.6 Å². The SMILES string of the molecule is Cc1cccc(N2CCN(C(=O)CC3CCCO3)CC2)c1. The van der Waals surface area contributed by atoms with Crippen LogP contribution in [0.2, 0.25) is 0 Å². The van der Waals surface area contributed by atoms with E-state index in [4.69, 9.17) is 4.74 Å². The summed E-state index contributed by atoms with van der Waals surface area (Å²) in [5, 5.41) is 0. The number of hydrogen-bond acceptors (Lipinski definition) is 3. The lowest BCUT2D eigenvalue weighted by Crippen LogP contribution is -2.49. The molecule has 2 aliphatic rings. The molecule has 2 fully saturated rings. The lowest BCUT2D eigenvalue weighted by atomic mass is 10.1. The van der Waals surface area contributed by atoms with Crippen LogP contribution in [-0.4, -0.2) is 49.7 Å². The van der Waals surface area contributed by atoms with E-state index in [-0.39, 0.29) is 12.0 Å². The Bertz CT molecular complexity index is 489. The Labute approximate surface area is 126 Å². The maximum absolute atomic E-state index is 12.3. The van der Waals surface area contributed by atoms with Crippen molar-refractivity contribution in [2.45, 2.75) is 32.3 Å². The Morgan fingerprint density at radius 3 is 2.76 bits per heavy atom. The van der Waals surface area contributed by atoms with Crippen molar-refractivity contribution in [2.24, 2.45) is 0 Å². The molecule has 2 saturated heterocycles. The summed E-state index contributed by atoms with van der Waals surface area (Å²) in [5.41, 5.74) is 2.55. The summed E-state index contributed by atoms with van der Waals surface area (Å²) in [6.45, 7) is 6.41. The van der Waals surface area contributed by atoms with Gasteiger partial charge in [0.15, 0.2) is 0 Å². The minimum Gasteiger partial charge on any atom is -0.378 e. The molecule has 1 amide bonds. The Morgan fingerprint density at radius 2 is 2.10 bits per heavy atom. The van der Waals surface area contributed by atoms with E-state index >= 15 is 0 Å². The van der Waals surface area contributed by atoms with Crippen LogP contribution in [-0.2, 0) is 9.53 Å². The normalized spacial score (nSPS) is 22.6. The summed E-state index contributed by atoms with van der Waals surface area (Å²) in [5.74, 6) is 0.255. The van der Waals surface area contributed by atoms with E-state index in [2.05, 4.69) is 36.1 Å². The van der Waals surface area contributed by atoms with Crippen LogP contribution in [0.4, 0.5) is 5.69 Å². The minimum absolute atomic E-state index is 0.160. The molecule has 2 aliphatic heterocycles. The van der Waals surface area contributed by atoms with Crippen molar-refractivity contribution >= 4 is 11.6 Å². The molecule has 0 saturated carbocycles. The lowest BCUT2D eigenvalue weighted by molar-refractivity contribution is -0.133. The van der Waals surface area contributed by atoms with E-state index in [1.54, 1.807) is 0 Å². The molecule has 2 heterocycles. The number of anilines is 1. The summed E-state index contributed by atoms with van der Waals surface area (Å²) in [7, 11) is 0. The quantitative estimate of drug-likeness (QED) is 0.855. The van der Waals surface area contributed by atoms with Gasteiger partial charge in [-0.05, 0) is 37.5 Å². The third-order valence-corrected chi connectivity index (χ3v) is 4.43. The smallest absolute Gasteiger partial charge is 0.225 e. The van der Waals surface area contributed by atoms with Crippen LogP contribution in [0, 0.1) is 6.92 Å². The van der Waals surface area contributed by atoms with Crippen molar-refractivity contribution in [3.63, 3.8) is 0 Å². The van der Waals surface area contributed by atoms with Crippen molar-refractivity contribution in [1.82, 2.24) is 4.90 Å². The molecule has 1 atom stereocenters. The summed E-state index contributed by atoms with van der Waals surface area (Å²) in [4.78, 5) is 16.6. The van der Waals surface area contributed by atoms with E-state index in [0.29, 0.717) is 6.42 Å². The Kier molecular flexibility index (Phi) is 4.44. The fraction of sp³-hybridized carbons (Fsp3) is 0.588. The topological polar surface area (TPSA) is 32.8 Å². The molecule has 0 aliphatic carbocycles. The number of rotatable bonds is 3. The zero-order chi connectivity index (χ0) is 14.7. The largest absolute Gasteiger partial charge is 0.378 e. The first-order valence-corrected chi connectivity index (χ1v) is 7.93. The van der Waals surface area contributed by atoms with Gasteiger partial charge in [-0.25, -0.2) is 0 Å². The van der Waals surface area contributed by atoms with Crippen LogP contribution in [0.25, 0.3) is 0 Å². The van der Waals surface area contributed by atoms with Gasteiger partial charge in [-0.1, -0.05) is 12.1 Å². The van der Waals surface area contributed by atoms with Gasteiger partial charge in [0.25, 0.3) is 0 Å². The number of aryl methyl sites for hydroxylation is 1. The summed E-state index contributed by atoms with van der Waals surface area (Å²) >= 11 is 0. The second-order valence-corrected chi connectivity index (χ2v) is 6.05. The maximum Gasteiger partial charge on any atom is 0.225 e.